The van der Waals surface area contributed by atoms with E-state index in [4.69, 9.17) is 11.6 Å². The maximum atomic E-state index is 11.9. The highest BCUT2D eigenvalue weighted by molar-refractivity contribution is 9.10. The van der Waals surface area contributed by atoms with Crippen LogP contribution < -0.4 is 5.32 Å². The second-order valence-electron chi connectivity index (χ2n) is 3.38. The molecule has 18 heavy (non-hydrogen) atoms. The van der Waals surface area contributed by atoms with Crippen molar-refractivity contribution in [3.8, 4) is 5.75 Å². The number of carbonyl (C=O) groups is 1. The van der Waals surface area contributed by atoms with E-state index >= 15 is 0 Å². The van der Waals surface area contributed by atoms with Crippen molar-refractivity contribution in [1.82, 2.24) is 9.97 Å². The number of rotatable bonds is 2. The van der Waals surface area contributed by atoms with Crippen LogP contribution >= 0.6 is 27.5 Å². The van der Waals surface area contributed by atoms with E-state index in [9.17, 15) is 9.90 Å². The van der Waals surface area contributed by atoms with Crippen molar-refractivity contribution >= 4 is 39.1 Å². The average Bonchev–Trinajstić information content (AvgIpc) is 2.34. The summed E-state index contributed by atoms with van der Waals surface area (Å²) < 4.78 is 0.691. The van der Waals surface area contributed by atoms with Crippen LogP contribution in [0.3, 0.4) is 0 Å². The summed E-state index contributed by atoms with van der Waals surface area (Å²) in [4.78, 5) is 19.5. The first kappa shape index (κ1) is 12.8. The summed E-state index contributed by atoms with van der Waals surface area (Å²) in [6.45, 7) is 0. The van der Waals surface area contributed by atoms with Gasteiger partial charge in [0.1, 0.15) is 5.75 Å². The van der Waals surface area contributed by atoms with Gasteiger partial charge >= 0.3 is 0 Å². The number of pyridine rings is 2. The van der Waals surface area contributed by atoms with Gasteiger partial charge in [-0.15, -0.1) is 0 Å². The third kappa shape index (κ3) is 2.96. The van der Waals surface area contributed by atoms with Gasteiger partial charge in [0, 0.05) is 16.9 Å². The van der Waals surface area contributed by atoms with E-state index in [1.54, 1.807) is 6.07 Å². The fourth-order valence-electron chi connectivity index (χ4n) is 1.26. The number of anilines is 1. The smallest absolute Gasteiger partial charge is 0.257 e. The molecule has 0 atom stereocenters. The van der Waals surface area contributed by atoms with E-state index in [0.29, 0.717) is 10.2 Å². The average molecular weight is 329 g/mol. The molecular formula is C11H7BrClN3O2. The van der Waals surface area contributed by atoms with Gasteiger partial charge in [0.2, 0.25) is 0 Å². The number of hydrogen-bond donors (Lipinski definition) is 2. The molecule has 0 aliphatic carbocycles. The van der Waals surface area contributed by atoms with Gasteiger partial charge in [-0.1, -0.05) is 11.6 Å². The van der Waals surface area contributed by atoms with Crippen molar-refractivity contribution in [3.63, 3.8) is 0 Å². The fraction of sp³-hybridized carbons (Fsp3) is 0. The molecule has 1 amide bonds. The number of aromatic nitrogens is 2. The van der Waals surface area contributed by atoms with Crippen molar-refractivity contribution in [3.05, 3.63) is 45.9 Å². The van der Waals surface area contributed by atoms with Crippen molar-refractivity contribution in [2.45, 2.75) is 0 Å². The van der Waals surface area contributed by atoms with Gasteiger partial charge < -0.3 is 10.4 Å². The van der Waals surface area contributed by atoms with Crippen LogP contribution in [0.4, 0.5) is 5.69 Å². The van der Waals surface area contributed by atoms with Gasteiger partial charge in [-0.2, -0.15) is 0 Å². The first-order valence-corrected chi connectivity index (χ1v) is 6.00. The highest BCUT2D eigenvalue weighted by atomic mass is 79.9. The van der Waals surface area contributed by atoms with Crippen LogP contribution in [0.1, 0.15) is 10.4 Å². The lowest BCUT2D eigenvalue weighted by atomic mass is 10.2. The normalized spacial score (nSPS) is 10.1. The Balaban J connectivity index is 2.24. The van der Waals surface area contributed by atoms with E-state index in [1.807, 2.05) is 0 Å². The van der Waals surface area contributed by atoms with Crippen molar-refractivity contribution in [1.29, 1.82) is 0 Å². The molecule has 0 unspecified atom stereocenters. The Kier molecular flexibility index (Phi) is 3.78. The molecule has 0 aliphatic rings. The molecule has 0 bridgehead atoms. The highest BCUT2D eigenvalue weighted by Crippen LogP contribution is 2.23. The topological polar surface area (TPSA) is 75.1 Å². The minimum Gasteiger partial charge on any atom is -0.506 e. The van der Waals surface area contributed by atoms with Gasteiger partial charge in [0.15, 0.2) is 5.15 Å². The molecule has 2 aromatic heterocycles. The second kappa shape index (κ2) is 5.32. The van der Waals surface area contributed by atoms with Gasteiger partial charge in [-0.25, -0.2) is 4.98 Å². The molecule has 2 aromatic rings. The molecule has 2 rings (SSSR count). The molecule has 0 saturated carbocycles. The third-order valence-corrected chi connectivity index (χ3v) is 2.77. The number of nitrogens with one attached hydrogen (secondary N) is 1. The first-order chi connectivity index (χ1) is 8.56. The molecule has 7 heteroatoms. The molecule has 0 spiro atoms. The van der Waals surface area contributed by atoms with Crippen LogP contribution in [0.2, 0.25) is 5.15 Å². The van der Waals surface area contributed by atoms with Crippen LogP contribution in [-0.4, -0.2) is 21.0 Å². The minimum atomic E-state index is -0.430. The summed E-state index contributed by atoms with van der Waals surface area (Å²) in [6, 6.07) is 2.94. The van der Waals surface area contributed by atoms with Crippen molar-refractivity contribution < 1.29 is 9.90 Å². The number of amides is 1. The quantitative estimate of drug-likeness (QED) is 0.831. The Morgan fingerprint density at radius 1 is 1.33 bits per heavy atom. The predicted molar refractivity (Wildman–Crippen MR) is 70.8 cm³/mol. The van der Waals surface area contributed by atoms with Gasteiger partial charge in [0.05, 0.1) is 17.4 Å². The lowest BCUT2D eigenvalue weighted by molar-refractivity contribution is 0.102. The Bertz CT molecular complexity index is 607. The minimum absolute atomic E-state index is 0.0823. The third-order valence-electron chi connectivity index (χ3n) is 2.04. The molecule has 0 saturated heterocycles. The van der Waals surface area contributed by atoms with Crippen molar-refractivity contribution in [2.24, 2.45) is 0 Å². The SMILES string of the molecule is O=C(Nc1cc(Br)cnc1Cl)c1cncc(O)c1. The number of hydrogen-bond acceptors (Lipinski definition) is 4. The Morgan fingerprint density at radius 2 is 2.11 bits per heavy atom. The van der Waals surface area contributed by atoms with Crippen molar-refractivity contribution in [2.75, 3.05) is 5.32 Å². The highest BCUT2D eigenvalue weighted by Gasteiger charge is 2.10. The van der Waals surface area contributed by atoms with E-state index in [1.165, 1.54) is 24.7 Å². The zero-order valence-corrected chi connectivity index (χ0v) is 11.2. The zero-order valence-electron chi connectivity index (χ0n) is 8.89. The maximum absolute atomic E-state index is 11.9. The predicted octanol–water partition coefficient (Wildman–Crippen LogP) is 2.85. The summed E-state index contributed by atoms with van der Waals surface area (Å²) in [5.41, 5.74) is 0.602. The largest absolute Gasteiger partial charge is 0.506 e. The summed E-state index contributed by atoms with van der Waals surface area (Å²) in [5, 5.41) is 12.0. The van der Waals surface area contributed by atoms with E-state index < -0.39 is 5.91 Å². The summed E-state index contributed by atoms with van der Waals surface area (Å²) in [5.74, 6) is -0.513. The van der Waals surface area contributed by atoms with E-state index in [0.717, 1.165) is 0 Å². The number of carbonyl (C=O) groups excluding carboxylic acids is 1. The molecule has 92 valence electrons. The Hall–Kier alpha value is -1.66. The lowest BCUT2D eigenvalue weighted by Gasteiger charge is -2.06. The van der Waals surface area contributed by atoms with E-state index in [-0.39, 0.29) is 16.5 Å². The van der Waals surface area contributed by atoms with E-state index in [2.05, 4.69) is 31.2 Å². The number of halogens is 2. The Labute approximate surface area is 116 Å². The van der Waals surface area contributed by atoms with Gasteiger partial charge in [-0.05, 0) is 28.1 Å². The van der Waals surface area contributed by atoms with Crippen LogP contribution in [-0.2, 0) is 0 Å². The van der Waals surface area contributed by atoms with Gasteiger partial charge in [0.25, 0.3) is 5.91 Å². The van der Waals surface area contributed by atoms with Crippen LogP contribution in [0.25, 0.3) is 0 Å². The summed E-state index contributed by atoms with van der Waals surface area (Å²) in [7, 11) is 0. The molecule has 5 nitrogen and oxygen atoms in total. The summed E-state index contributed by atoms with van der Waals surface area (Å²) in [6.07, 6.45) is 4.10. The molecule has 0 aliphatic heterocycles. The maximum Gasteiger partial charge on any atom is 0.257 e. The number of nitrogens with zero attached hydrogens (tertiary/aromatic N) is 2. The van der Waals surface area contributed by atoms with Gasteiger partial charge in [-0.3, -0.25) is 9.78 Å². The Morgan fingerprint density at radius 3 is 2.83 bits per heavy atom. The zero-order chi connectivity index (χ0) is 13.1. The van der Waals surface area contributed by atoms with Crippen LogP contribution in [0.15, 0.2) is 35.2 Å². The van der Waals surface area contributed by atoms with Crippen LogP contribution in [0, 0.1) is 0 Å². The monoisotopic (exact) mass is 327 g/mol. The second-order valence-corrected chi connectivity index (χ2v) is 4.65. The number of aromatic hydroxyl groups is 1. The standard InChI is InChI=1S/C11H7BrClN3O2/c12-7-2-9(10(13)15-4-7)16-11(18)6-1-8(17)5-14-3-6/h1-5,17H,(H,16,18). The molecule has 2 N–H and O–H groups in total. The molecular weight excluding hydrogens is 321 g/mol. The first-order valence-electron chi connectivity index (χ1n) is 4.82. The molecule has 0 aromatic carbocycles. The summed E-state index contributed by atoms with van der Waals surface area (Å²) >= 11 is 9.08. The lowest BCUT2D eigenvalue weighted by Crippen LogP contribution is -2.12. The van der Waals surface area contributed by atoms with Crippen LogP contribution in [0.5, 0.6) is 5.75 Å². The fourth-order valence-corrected chi connectivity index (χ4v) is 1.74. The molecule has 2 heterocycles. The molecule has 0 radical (unpaired) electrons. The molecule has 0 fully saturated rings.